The second-order valence-corrected chi connectivity index (χ2v) is 7.13. The first kappa shape index (κ1) is 21.3. The molecule has 2 heterocycles. The summed E-state index contributed by atoms with van der Waals surface area (Å²) in [4.78, 5) is 12.6. The van der Waals surface area contributed by atoms with Crippen molar-refractivity contribution in [2.75, 3.05) is 13.7 Å². The number of fused-ring (bicyclic) bond motifs is 1. The number of rotatable bonds is 5. The van der Waals surface area contributed by atoms with Gasteiger partial charge in [-0.25, -0.2) is 0 Å². The number of aliphatic hydroxyl groups is 4. The van der Waals surface area contributed by atoms with Crippen molar-refractivity contribution < 1.29 is 39.1 Å². The van der Waals surface area contributed by atoms with Crippen molar-refractivity contribution in [3.63, 3.8) is 0 Å². The Morgan fingerprint density at radius 3 is 2.42 bits per heavy atom. The van der Waals surface area contributed by atoms with Gasteiger partial charge in [-0.05, 0) is 12.1 Å². The molecule has 0 bridgehead atoms. The molecule has 0 radical (unpaired) electrons. The minimum absolute atomic E-state index is 0.0766. The molecule has 2 aromatic carbocycles. The maximum Gasteiger partial charge on any atom is 0.229 e. The van der Waals surface area contributed by atoms with Gasteiger partial charge in [0.15, 0.2) is 16.8 Å². The molecular weight excluding hydrogens is 408 g/mol. The lowest BCUT2D eigenvalue weighted by atomic mass is 9.99. The lowest BCUT2D eigenvalue weighted by molar-refractivity contribution is -0.277. The molecular formula is C22H22O9. The van der Waals surface area contributed by atoms with Gasteiger partial charge in [-0.3, -0.25) is 4.79 Å². The summed E-state index contributed by atoms with van der Waals surface area (Å²) < 4.78 is 22.5. The molecule has 164 valence electrons. The Balaban J connectivity index is 1.76. The normalized spacial score (nSPS) is 26.0. The fourth-order valence-electron chi connectivity index (χ4n) is 3.50. The molecule has 31 heavy (non-hydrogen) atoms. The number of methoxy groups -OCH3 is 1. The maximum absolute atomic E-state index is 12.6. The number of hydrogen-bond acceptors (Lipinski definition) is 9. The molecule has 9 heteroatoms. The molecule has 1 aliphatic rings. The fraction of sp³-hybridized carbons (Fsp3) is 0.318. The van der Waals surface area contributed by atoms with E-state index in [1.54, 1.807) is 12.1 Å². The predicted octanol–water partition coefficient (Wildman–Crippen LogP) is 0.647. The van der Waals surface area contributed by atoms with Crippen molar-refractivity contribution in [2.45, 2.75) is 30.7 Å². The highest BCUT2D eigenvalue weighted by Crippen LogP contribution is 2.38. The Morgan fingerprint density at radius 2 is 1.74 bits per heavy atom. The van der Waals surface area contributed by atoms with Crippen LogP contribution >= 0.6 is 0 Å². The average Bonchev–Trinajstić information content (AvgIpc) is 2.79. The highest BCUT2D eigenvalue weighted by Gasteiger charge is 2.45. The zero-order valence-electron chi connectivity index (χ0n) is 16.5. The van der Waals surface area contributed by atoms with Crippen LogP contribution in [0.5, 0.6) is 11.5 Å². The Kier molecular flexibility index (Phi) is 5.94. The topological polar surface area (TPSA) is 139 Å². The molecule has 9 nitrogen and oxygen atoms in total. The molecule has 4 rings (SSSR count). The fourth-order valence-corrected chi connectivity index (χ4v) is 3.50. The molecule has 1 fully saturated rings. The van der Waals surface area contributed by atoms with Crippen molar-refractivity contribution in [3.8, 4) is 22.8 Å². The van der Waals surface area contributed by atoms with E-state index >= 15 is 0 Å². The molecule has 4 N–H and O–H groups in total. The lowest BCUT2D eigenvalue weighted by Gasteiger charge is -2.39. The van der Waals surface area contributed by atoms with E-state index in [0.29, 0.717) is 11.3 Å². The van der Waals surface area contributed by atoms with Gasteiger partial charge in [0.2, 0.25) is 12.0 Å². The smallest absolute Gasteiger partial charge is 0.229 e. The van der Waals surface area contributed by atoms with Gasteiger partial charge in [-0.2, -0.15) is 0 Å². The second kappa shape index (κ2) is 8.66. The average molecular weight is 430 g/mol. The van der Waals surface area contributed by atoms with E-state index in [1.165, 1.54) is 25.3 Å². The minimum atomic E-state index is -1.60. The van der Waals surface area contributed by atoms with E-state index in [4.69, 9.17) is 18.6 Å². The zero-order valence-corrected chi connectivity index (χ0v) is 16.5. The molecule has 5 atom stereocenters. The number of benzene rings is 2. The minimum Gasteiger partial charge on any atom is -0.490 e. The van der Waals surface area contributed by atoms with Gasteiger partial charge in [-0.1, -0.05) is 30.3 Å². The monoisotopic (exact) mass is 430 g/mol. The number of hydrogen-bond donors (Lipinski definition) is 4. The molecule has 1 aliphatic heterocycles. The maximum atomic E-state index is 12.6. The van der Waals surface area contributed by atoms with Crippen LogP contribution in [-0.4, -0.2) is 64.8 Å². The van der Waals surface area contributed by atoms with E-state index in [-0.39, 0.29) is 27.9 Å². The summed E-state index contributed by atoms with van der Waals surface area (Å²) >= 11 is 0. The third kappa shape index (κ3) is 3.89. The summed E-state index contributed by atoms with van der Waals surface area (Å²) in [6.07, 6.45) is -7.24. The van der Waals surface area contributed by atoms with Gasteiger partial charge in [0.1, 0.15) is 30.2 Å². The molecule has 1 saturated heterocycles. The largest absolute Gasteiger partial charge is 0.490 e. The molecule has 0 spiro atoms. The van der Waals surface area contributed by atoms with E-state index in [1.807, 2.05) is 18.2 Å². The summed E-state index contributed by atoms with van der Waals surface area (Å²) in [5.74, 6) is 0.499. The predicted molar refractivity (Wildman–Crippen MR) is 109 cm³/mol. The van der Waals surface area contributed by atoms with Crippen molar-refractivity contribution >= 4 is 11.0 Å². The van der Waals surface area contributed by atoms with Crippen LogP contribution in [0.4, 0.5) is 0 Å². The molecule has 0 unspecified atom stereocenters. The molecule has 1 aromatic heterocycles. The van der Waals surface area contributed by atoms with Gasteiger partial charge >= 0.3 is 0 Å². The second-order valence-electron chi connectivity index (χ2n) is 7.13. The van der Waals surface area contributed by atoms with Crippen LogP contribution < -0.4 is 14.9 Å². The molecule has 0 aliphatic carbocycles. The van der Waals surface area contributed by atoms with Crippen LogP contribution in [0.2, 0.25) is 0 Å². The Labute approximate surface area is 176 Å². The quantitative estimate of drug-likeness (QED) is 0.459. The van der Waals surface area contributed by atoms with Crippen molar-refractivity contribution in [1.29, 1.82) is 0 Å². The molecule has 0 saturated carbocycles. The van der Waals surface area contributed by atoms with Gasteiger partial charge in [0, 0.05) is 11.6 Å². The third-order valence-electron chi connectivity index (χ3n) is 5.17. The number of aliphatic hydroxyl groups excluding tert-OH is 4. The summed E-state index contributed by atoms with van der Waals surface area (Å²) in [6.45, 7) is -0.588. The van der Waals surface area contributed by atoms with Crippen molar-refractivity contribution in [3.05, 3.63) is 58.8 Å². The Hall–Kier alpha value is -2.95. The van der Waals surface area contributed by atoms with Crippen LogP contribution in [0.1, 0.15) is 0 Å². The molecule has 0 amide bonds. The lowest BCUT2D eigenvalue weighted by Crippen LogP contribution is -2.60. The highest BCUT2D eigenvalue weighted by atomic mass is 16.7. The third-order valence-corrected chi connectivity index (χ3v) is 5.17. The van der Waals surface area contributed by atoms with Crippen molar-refractivity contribution in [1.82, 2.24) is 0 Å². The Morgan fingerprint density at radius 1 is 1.00 bits per heavy atom. The van der Waals surface area contributed by atoms with Gasteiger partial charge in [-0.15, -0.1) is 0 Å². The first-order chi connectivity index (χ1) is 14.9. The van der Waals surface area contributed by atoms with Gasteiger partial charge < -0.3 is 39.1 Å². The summed E-state index contributed by atoms with van der Waals surface area (Å²) in [5, 5.41) is 39.8. The number of ether oxygens (including phenoxy) is 3. The van der Waals surface area contributed by atoms with Crippen LogP contribution in [0, 0.1) is 0 Å². The standard InChI is InChI=1S/C22H22O9/c1-28-21-14(30-22-19(27)18(26)17(25)16(10-23)31-22)8-7-12-13(24)9-15(29-20(12)21)11-5-3-2-4-6-11/h2-9,16-19,22-23,25-27H,10H2,1H3/t16-,17+,18+,19-,22-/m1/s1. The van der Waals surface area contributed by atoms with E-state index < -0.39 is 37.3 Å². The van der Waals surface area contributed by atoms with Crippen LogP contribution in [-0.2, 0) is 4.74 Å². The Bertz CT molecular complexity index is 1110. The highest BCUT2D eigenvalue weighted by molar-refractivity contribution is 5.86. The summed E-state index contributed by atoms with van der Waals surface area (Å²) in [6, 6.07) is 13.4. The zero-order chi connectivity index (χ0) is 22.1. The van der Waals surface area contributed by atoms with Crippen LogP contribution in [0.25, 0.3) is 22.3 Å². The van der Waals surface area contributed by atoms with E-state index in [9.17, 15) is 25.2 Å². The van der Waals surface area contributed by atoms with Gasteiger partial charge in [0.25, 0.3) is 0 Å². The van der Waals surface area contributed by atoms with Crippen molar-refractivity contribution in [2.24, 2.45) is 0 Å². The van der Waals surface area contributed by atoms with Crippen LogP contribution in [0.3, 0.4) is 0 Å². The SMILES string of the molecule is COc1c(O[C@@H]2O[C@H](CO)[C@H](O)[C@H](O)[C@H]2O)ccc2c(=O)cc(-c3ccccc3)oc12. The summed E-state index contributed by atoms with van der Waals surface area (Å²) in [5.41, 5.74) is 0.553. The van der Waals surface area contributed by atoms with Gasteiger partial charge in [0.05, 0.1) is 19.1 Å². The first-order valence-corrected chi connectivity index (χ1v) is 9.62. The summed E-state index contributed by atoms with van der Waals surface area (Å²) in [7, 11) is 1.37. The van der Waals surface area contributed by atoms with Crippen LogP contribution in [0.15, 0.2) is 57.7 Å². The first-order valence-electron chi connectivity index (χ1n) is 9.62. The van der Waals surface area contributed by atoms with E-state index in [0.717, 1.165) is 0 Å². The van der Waals surface area contributed by atoms with E-state index in [2.05, 4.69) is 0 Å². The molecule has 3 aromatic rings.